The summed E-state index contributed by atoms with van der Waals surface area (Å²) in [6.07, 6.45) is 1.83. The van der Waals surface area contributed by atoms with Crippen molar-refractivity contribution in [3.63, 3.8) is 0 Å². The normalized spacial score (nSPS) is 11.1. The monoisotopic (exact) mass is 407 g/mol. The Bertz CT molecular complexity index is 1460. The van der Waals surface area contributed by atoms with Crippen molar-refractivity contribution < 1.29 is 4.74 Å². The molecule has 0 bridgehead atoms. The van der Waals surface area contributed by atoms with E-state index >= 15 is 0 Å². The maximum atomic E-state index is 13.1. The Balaban J connectivity index is 1.72. The molecule has 0 spiro atoms. The number of nitrogens with zero attached hydrogens (tertiary/aromatic N) is 3. The van der Waals surface area contributed by atoms with Gasteiger partial charge < -0.3 is 9.30 Å². The summed E-state index contributed by atoms with van der Waals surface area (Å²) in [5, 5.41) is 0. The van der Waals surface area contributed by atoms with E-state index in [-0.39, 0.29) is 5.56 Å². The van der Waals surface area contributed by atoms with Crippen LogP contribution < -0.4 is 10.3 Å². The van der Waals surface area contributed by atoms with Crippen LogP contribution in [0, 0.1) is 0 Å². The molecule has 0 aliphatic carbocycles. The van der Waals surface area contributed by atoms with Crippen LogP contribution >= 0.6 is 0 Å². The topological polar surface area (TPSA) is 48.5 Å². The molecular weight excluding hydrogens is 386 g/mol. The lowest BCUT2D eigenvalue weighted by Gasteiger charge is -2.08. The van der Waals surface area contributed by atoms with Crippen LogP contribution in [-0.4, -0.2) is 21.1 Å². The van der Waals surface area contributed by atoms with Crippen LogP contribution in [0.25, 0.3) is 34.1 Å². The van der Waals surface area contributed by atoms with Crippen molar-refractivity contribution in [1.29, 1.82) is 0 Å². The van der Waals surface area contributed by atoms with E-state index in [9.17, 15) is 4.79 Å². The van der Waals surface area contributed by atoms with E-state index in [4.69, 9.17) is 9.72 Å². The molecule has 152 valence electrons. The highest BCUT2D eigenvalue weighted by Crippen LogP contribution is 2.24. The first kappa shape index (κ1) is 18.9. The highest BCUT2D eigenvalue weighted by Gasteiger charge is 2.15. The van der Waals surface area contributed by atoms with Crippen LogP contribution in [0.5, 0.6) is 5.75 Å². The number of hydrogen-bond donors (Lipinski definition) is 0. The number of para-hydroxylation sites is 2. The van der Waals surface area contributed by atoms with Gasteiger partial charge in [-0.25, -0.2) is 9.38 Å². The highest BCUT2D eigenvalue weighted by atomic mass is 16.5. The molecule has 5 nitrogen and oxygen atoms in total. The average Bonchev–Trinajstić information content (AvgIpc) is 3.13. The van der Waals surface area contributed by atoms with Crippen LogP contribution in [-0.2, 0) is 6.54 Å². The fraction of sp³-hybridized carbons (Fsp3) is 0.0769. The lowest BCUT2D eigenvalue weighted by molar-refractivity contribution is 0.415. The van der Waals surface area contributed by atoms with Gasteiger partial charge in [0.05, 0.1) is 30.4 Å². The lowest BCUT2D eigenvalue weighted by Crippen LogP contribution is -2.14. The van der Waals surface area contributed by atoms with E-state index in [2.05, 4.69) is 23.3 Å². The minimum Gasteiger partial charge on any atom is -0.497 e. The fourth-order valence-electron chi connectivity index (χ4n) is 3.87. The van der Waals surface area contributed by atoms with Gasteiger partial charge in [-0.3, -0.25) is 4.79 Å². The van der Waals surface area contributed by atoms with Gasteiger partial charge >= 0.3 is 0 Å². The molecule has 0 amide bonds. The Hall–Kier alpha value is -4.12. The molecule has 5 heteroatoms. The maximum absolute atomic E-state index is 13.1. The first-order valence-corrected chi connectivity index (χ1v) is 10.0. The molecule has 0 saturated heterocycles. The molecule has 5 aromatic rings. The SMILES string of the molecule is C=Cc1ccc(Cn2c3ccccc3n3c(=O)cc(-c4ccc(OC)cc4)nc23)cc1. The van der Waals surface area contributed by atoms with Crippen molar-refractivity contribution >= 4 is 22.9 Å². The number of aromatic nitrogens is 3. The first-order chi connectivity index (χ1) is 15.2. The summed E-state index contributed by atoms with van der Waals surface area (Å²) < 4.78 is 9.02. The molecule has 0 aliphatic heterocycles. The fourth-order valence-corrected chi connectivity index (χ4v) is 3.87. The van der Waals surface area contributed by atoms with Crippen molar-refractivity contribution in [3.8, 4) is 17.0 Å². The van der Waals surface area contributed by atoms with Crippen molar-refractivity contribution in [1.82, 2.24) is 14.0 Å². The van der Waals surface area contributed by atoms with E-state index in [1.165, 1.54) is 0 Å². The minimum atomic E-state index is -0.104. The Labute approximate surface area is 179 Å². The van der Waals surface area contributed by atoms with Gasteiger partial charge in [-0.15, -0.1) is 0 Å². The molecule has 2 heterocycles. The summed E-state index contributed by atoms with van der Waals surface area (Å²) in [6, 6.07) is 25.3. The number of benzene rings is 3. The number of hydrogen-bond acceptors (Lipinski definition) is 3. The van der Waals surface area contributed by atoms with E-state index in [1.54, 1.807) is 17.6 Å². The van der Waals surface area contributed by atoms with Gasteiger partial charge in [-0.05, 0) is 47.5 Å². The predicted molar refractivity (Wildman–Crippen MR) is 125 cm³/mol. The van der Waals surface area contributed by atoms with Crippen molar-refractivity contribution in [2.45, 2.75) is 6.54 Å². The summed E-state index contributed by atoms with van der Waals surface area (Å²) in [4.78, 5) is 18.0. The third-order valence-corrected chi connectivity index (χ3v) is 5.50. The average molecular weight is 407 g/mol. The Morgan fingerprint density at radius 2 is 1.68 bits per heavy atom. The molecule has 0 aliphatic rings. The summed E-state index contributed by atoms with van der Waals surface area (Å²) in [7, 11) is 1.63. The summed E-state index contributed by atoms with van der Waals surface area (Å²) >= 11 is 0. The van der Waals surface area contributed by atoms with Crippen LogP contribution in [0.4, 0.5) is 0 Å². The van der Waals surface area contributed by atoms with Crippen molar-refractivity contribution in [2.24, 2.45) is 0 Å². The number of ether oxygens (including phenoxy) is 1. The molecule has 0 atom stereocenters. The molecule has 0 radical (unpaired) electrons. The Kier molecular flexibility index (Phi) is 4.64. The minimum absolute atomic E-state index is 0.104. The molecule has 0 fully saturated rings. The maximum Gasteiger partial charge on any atom is 0.260 e. The molecular formula is C26H21N3O2. The summed E-state index contributed by atoms with van der Waals surface area (Å²) in [6.45, 7) is 4.42. The van der Waals surface area contributed by atoms with E-state index in [1.807, 2.05) is 66.7 Å². The van der Waals surface area contributed by atoms with Crippen LogP contribution in [0.3, 0.4) is 0 Å². The van der Waals surface area contributed by atoms with Gasteiger partial charge in [0.1, 0.15) is 5.75 Å². The molecule has 5 rings (SSSR count). The molecule has 0 N–H and O–H groups in total. The van der Waals surface area contributed by atoms with Crippen molar-refractivity contribution in [3.05, 3.63) is 107 Å². The molecule has 0 unspecified atom stereocenters. The third-order valence-electron chi connectivity index (χ3n) is 5.50. The number of fused-ring (bicyclic) bond motifs is 3. The second-order valence-electron chi connectivity index (χ2n) is 7.36. The van der Waals surface area contributed by atoms with Gasteiger partial charge in [0.2, 0.25) is 5.78 Å². The lowest BCUT2D eigenvalue weighted by atomic mass is 10.1. The van der Waals surface area contributed by atoms with Crippen LogP contribution in [0.1, 0.15) is 11.1 Å². The van der Waals surface area contributed by atoms with Gasteiger partial charge in [-0.1, -0.05) is 49.1 Å². The van der Waals surface area contributed by atoms with Gasteiger partial charge in [-0.2, -0.15) is 0 Å². The zero-order valence-electron chi connectivity index (χ0n) is 17.2. The molecule has 2 aromatic heterocycles. The number of methoxy groups -OCH3 is 1. The molecule has 3 aromatic carbocycles. The largest absolute Gasteiger partial charge is 0.497 e. The first-order valence-electron chi connectivity index (χ1n) is 10.0. The van der Waals surface area contributed by atoms with Crippen LogP contribution in [0.2, 0.25) is 0 Å². The zero-order valence-corrected chi connectivity index (χ0v) is 17.2. The predicted octanol–water partition coefficient (Wildman–Crippen LogP) is 5.02. The van der Waals surface area contributed by atoms with E-state index in [0.29, 0.717) is 18.0 Å². The third kappa shape index (κ3) is 3.30. The Morgan fingerprint density at radius 3 is 2.35 bits per heavy atom. The smallest absolute Gasteiger partial charge is 0.260 e. The second-order valence-corrected chi connectivity index (χ2v) is 7.36. The summed E-state index contributed by atoms with van der Waals surface area (Å²) in [5.74, 6) is 1.38. The molecule has 0 saturated carbocycles. The van der Waals surface area contributed by atoms with E-state index < -0.39 is 0 Å². The summed E-state index contributed by atoms with van der Waals surface area (Å²) in [5.41, 5.74) is 5.41. The van der Waals surface area contributed by atoms with Crippen LogP contribution in [0.15, 0.2) is 90.2 Å². The molecule has 31 heavy (non-hydrogen) atoms. The van der Waals surface area contributed by atoms with E-state index in [0.717, 1.165) is 33.5 Å². The standard InChI is InChI=1S/C26H21N3O2/c1-3-18-8-10-19(11-9-18)17-28-23-6-4-5-7-24(23)29-25(30)16-22(27-26(28)29)20-12-14-21(31-2)15-13-20/h3-16H,1,17H2,2H3. The van der Waals surface area contributed by atoms with Crippen molar-refractivity contribution in [2.75, 3.05) is 7.11 Å². The zero-order chi connectivity index (χ0) is 21.4. The Morgan fingerprint density at radius 1 is 0.968 bits per heavy atom. The number of imidazole rings is 1. The number of rotatable bonds is 5. The van der Waals surface area contributed by atoms with Gasteiger partial charge in [0.25, 0.3) is 5.56 Å². The second kappa shape index (κ2) is 7.61. The van der Waals surface area contributed by atoms with Gasteiger partial charge in [0, 0.05) is 11.6 Å². The highest BCUT2D eigenvalue weighted by molar-refractivity contribution is 5.81. The quantitative estimate of drug-likeness (QED) is 0.411. The van der Waals surface area contributed by atoms with Gasteiger partial charge in [0.15, 0.2) is 0 Å².